The number of para-hydroxylation sites is 1. The third-order valence-corrected chi connectivity index (χ3v) is 6.41. The molecule has 7 nitrogen and oxygen atoms in total. The predicted octanol–water partition coefficient (Wildman–Crippen LogP) is 1.49. The average molecular weight is 417 g/mol. The van der Waals surface area contributed by atoms with E-state index in [0.717, 1.165) is 51.2 Å². The van der Waals surface area contributed by atoms with E-state index in [-0.39, 0.29) is 11.4 Å². The Labute approximate surface area is 178 Å². The zero-order valence-electron chi connectivity index (χ0n) is 17.7. The molecule has 4 N–H and O–H groups in total. The molecule has 2 aromatic carbocycles. The molecule has 0 spiro atoms. The third kappa shape index (κ3) is 2.92. The second-order valence-electron chi connectivity index (χ2n) is 8.46. The lowest BCUT2D eigenvalue weighted by Crippen LogP contribution is -3.10. The Morgan fingerprint density at radius 3 is 2.68 bits per heavy atom. The van der Waals surface area contributed by atoms with Gasteiger partial charge >= 0.3 is 5.69 Å². The van der Waals surface area contributed by atoms with Crippen LogP contribution in [0.25, 0.3) is 16.6 Å². The van der Waals surface area contributed by atoms with Gasteiger partial charge in [-0.3, -0.25) is 9.78 Å². The minimum absolute atomic E-state index is 0.200. The summed E-state index contributed by atoms with van der Waals surface area (Å²) in [5, 5.41) is 12.4. The minimum Gasteiger partial charge on any atom is -0.494 e. The Hall–Kier alpha value is -3.58. The Kier molecular flexibility index (Phi) is 4.37. The summed E-state index contributed by atoms with van der Waals surface area (Å²) in [5.74, 6) is -0.307. The highest BCUT2D eigenvalue weighted by molar-refractivity contribution is 5.85. The summed E-state index contributed by atoms with van der Waals surface area (Å²) in [6, 6.07) is 13.3. The number of nitrogens with one attached hydrogen (secondary N) is 3. The second-order valence-corrected chi connectivity index (χ2v) is 8.46. The zero-order valence-corrected chi connectivity index (χ0v) is 17.7. The van der Waals surface area contributed by atoms with Crippen LogP contribution in [-0.2, 0) is 6.42 Å². The largest absolute Gasteiger partial charge is 0.494 e. The summed E-state index contributed by atoms with van der Waals surface area (Å²) in [5.41, 5.74) is 4.42. The quantitative estimate of drug-likeness (QED) is 0.398. The fourth-order valence-electron chi connectivity index (χ4n) is 4.82. The summed E-state index contributed by atoms with van der Waals surface area (Å²) in [6.07, 6.45) is 0.872. The first kappa shape index (κ1) is 19.4. The lowest BCUT2D eigenvalue weighted by atomic mass is 9.93. The highest BCUT2D eigenvalue weighted by Crippen LogP contribution is 2.33. The molecule has 0 bridgehead atoms. The normalized spacial score (nSPS) is 18.3. The van der Waals surface area contributed by atoms with E-state index in [2.05, 4.69) is 16.0 Å². The fraction of sp³-hybridized carbons (Fsp3) is 0.250. The van der Waals surface area contributed by atoms with Crippen LogP contribution in [0.2, 0.25) is 0 Å². The van der Waals surface area contributed by atoms with E-state index in [1.54, 1.807) is 0 Å². The highest BCUT2D eigenvalue weighted by atomic mass is 16.3. The van der Waals surface area contributed by atoms with Crippen LogP contribution in [0, 0.1) is 13.8 Å². The number of nitrogens with zero attached hydrogens (tertiary/aromatic N) is 1. The number of aryl methyl sites for hydroxylation is 2. The van der Waals surface area contributed by atoms with Crippen LogP contribution in [0.1, 0.15) is 34.0 Å². The first-order chi connectivity index (χ1) is 14.9. The Balaban J connectivity index is 1.80. The maximum absolute atomic E-state index is 13.0. The molecule has 0 radical (unpaired) electrons. The topological polar surface area (TPSA) is 95.3 Å². The fourth-order valence-corrected chi connectivity index (χ4v) is 4.82. The molecule has 1 aliphatic rings. The van der Waals surface area contributed by atoms with Gasteiger partial charge in [0.25, 0.3) is 5.56 Å². The predicted molar refractivity (Wildman–Crippen MR) is 119 cm³/mol. The van der Waals surface area contributed by atoms with Crippen molar-refractivity contribution in [3.63, 3.8) is 0 Å². The average Bonchev–Trinajstić information content (AvgIpc) is 3.10. The summed E-state index contributed by atoms with van der Waals surface area (Å²) in [7, 11) is 2.01. The van der Waals surface area contributed by atoms with Crippen LogP contribution in [0.3, 0.4) is 0 Å². The number of hydrogen-bond donors (Lipinski definition) is 4. The van der Waals surface area contributed by atoms with Gasteiger partial charge in [-0.25, -0.2) is 9.36 Å². The number of H-pyrrole nitrogens is 2. The van der Waals surface area contributed by atoms with Crippen molar-refractivity contribution in [2.45, 2.75) is 26.3 Å². The number of aromatic nitrogens is 3. The minimum atomic E-state index is -0.648. The van der Waals surface area contributed by atoms with Crippen LogP contribution in [0.5, 0.6) is 5.88 Å². The van der Waals surface area contributed by atoms with E-state index in [9.17, 15) is 14.7 Å². The van der Waals surface area contributed by atoms with Crippen molar-refractivity contribution >= 4 is 10.9 Å². The Morgan fingerprint density at radius 2 is 1.87 bits per heavy atom. The maximum Gasteiger partial charge on any atom is 0.335 e. The van der Waals surface area contributed by atoms with E-state index in [1.165, 1.54) is 4.57 Å². The number of aromatic amines is 2. The number of quaternary nitrogens is 1. The molecule has 7 heteroatoms. The monoisotopic (exact) mass is 417 g/mol. The summed E-state index contributed by atoms with van der Waals surface area (Å²) < 4.78 is 1.21. The summed E-state index contributed by atoms with van der Waals surface area (Å²) >= 11 is 0. The molecular weight excluding hydrogens is 392 g/mol. The van der Waals surface area contributed by atoms with E-state index in [4.69, 9.17) is 0 Å². The van der Waals surface area contributed by atoms with Gasteiger partial charge in [-0.15, -0.1) is 0 Å². The first-order valence-corrected chi connectivity index (χ1v) is 10.4. The molecule has 0 saturated heterocycles. The SMILES string of the molecule is Cc1ccc(C)c(-n2c(O)c([C@H]3c4[nH]c5ccccc5c4CC[NH+]3C)c(=O)[nH]c2=O)c1. The number of benzene rings is 2. The number of aromatic hydroxyl groups is 1. The number of fused-ring (bicyclic) bond motifs is 3. The van der Waals surface area contributed by atoms with Crippen molar-refractivity contribution in [1.82, 2.24) is 14.5 Å². The lowest BCUT2D eigenvalue weighted by molar-refractivity contribution is -0.908. The van der Waals surface area contributed by atoms with Crippen LogP contribution in [-0.4, -0.2) is 33.2 Å². The van der Waals surface area contributed by atoms with Crippen LogP contribution >= 0.6 is 0 Å². The maximum atomic E-state index is 13.0. The number of likely N-dealkylation sites (N-methyl/N-ethyl adjacent to an activating group) is 1. The standard InChI is InChI=1S/C24H24N4O3/c1-13-8-9-14(2)18(12-13)28-23(30)19(22(29)26-24(28)31)21-20-16(10-11-27(21)3)15-6-4-5-7-17(15)25-20/h4-9,12,21,25,30H,10-11H2,1-3H3,(H,26,29,31)/p+1/t21-/m0/s1. The van der Waals surface area contributed by atoms with Crippen molar-refractivity contribution in [3.05, 3.63) is 91.3 Å². The summed E-state index contributed by atoms with van der Waals surface area (Å²) in [4.78, 5) is 32.8. The van der Waals surface area contributed by atoms with Crippen molar-refractivity contribution in [1.29, 1.82) is 0 Å². The van der Waals surface area contributed by atoms with Crippen LogP contribution in [0.15, 0.2) is 52.1 Å². The molecule has 1 unspecified atom stereocenters. The van der Waals surface area contributed by atoms with Gasteiger partial charge < -0.3 is 15.0 Å². The van der Waals surface area contributed by atoms with Gasteiger partial charge in [0.2, 0.25) is 5.88 Å². The van der Waals surface area contributed by atoms with Crippen molar-refractivity contribution in [2.75, 3.05) is 13.6 Å². The van der Waals surface area contributed by atoms with E-state index in [0.29, 0.717) is 5.69 Å². The van der Waals surface area contributed by atoms with Gasteiger partial charge in [-0.1, -0.05) is 30.3 Å². The molecule has 0 amide bonds. The molecule has 0 saturated carbocycles. The van der Waals surface area contributed by atoms with Gasteiger partial charge in [0.15, 0.2) is 6.04 Å². The van der Waals surface area contributed by atoms with Gasteiger partial charge in [0.1, 0.15) is 5.56 Å². The summed E-state index contributed by atoms with van der Waals surface area (Å²) in [6.45, 7) is 4.60. The van der Waals surface area contributed by atoms with Gasteiger partial charge in [0.05, 0.1) is 25.0 Å². The third-order valence-electron chi connectivity index (χ3n) is 6.41. The zero-order chi connectivity index (χ0) is 21.9. The second kappa shape index (κ2) is 6.99. The lowest BCUT2D eigenvalue weighted by Gasteiger charge is -2.30. The van der Waals surface area contributed by atoms with Crippen LogP contribution < -0.4 is 16.1 Å². The van der Waals surface area contributed by atoms with Gasteiger partial charge in [-0.05, 0) is 42.7 Å². The van der Waals surface area contributed by atoms with Gasteiger partial charge in [0, 0.05) is 17.3 Å². The first-order valence-electron chi connectivity index (χ1n) is 10.4. The number of hydrogen-bond acceptors (Lipinski definition) is 3. The molecular formula is C24H25N4O3+. The highest BCUT2D eigenvalue weighted by Gasteiger charge is 2.38. The Morgan fingerprint density at radius 1 is 1.10 bits per heavy atom. The molecule has 3 heterocycles. The molecule has 0 aliphatic carbocycles. The van der Waals surface area contributed by atoms with Gasteiger partial charge in [-0.2, -0.15) is 0 Å². The molecule has 5 rings (SSSR count). The van der Waals surface area contributed by atoms with E-state index < -0.39 is 17.3 Å². The van der Waals surface area contributed by atoms with Crippen molar-refractivity contribution in [3.8, 4) is 11.6 Å². The molecule has 0 fully saturated rings. The van der Waals surface area contributed by atoms with E-state index >= 15 is 0 Å². The molecule has 158 valence electrons. The van der Waals surface area contributed by atoms with Crippen molar-refractivity contribution in [2.24, 2.45) is 0 Å². The number of rotatable bonds is 2. The van der Waals surface area contributed by atoms with Crippen molar-refractivity contribution < 1.29 is 10.0 Å². The molecule has 31 heavy (non-hydrogen) atoms. The van der Waals surface area contributed by atoms with E-state index in [1.807, 2.05) is 57.3 Å². The molecule has 1 aliphatic heterocycles. The van der Waals surface area contributed by atoms with Crippen LogP contribution in [0.4, 0.5) is 0 Å². The smallest absolute Gasteiger partial charge is 0.335 e. The molecule has 4 aromatic rings. The molecule has 2 aromatic heterocycles. The Bertz CT molecular complexity index is 1440. The molecule has 2 atom stereocenters.